The third-order valence-corrected chi connectivity index (χ3v) is 5.01. The lowest BCUT2D eigenvalue weighted by molar-refractivity contribution is -0.134. The maximum absolute atomic E-state index is 13.1. The van der Waals surface area contributed by atoms with Gasteiger partial charge in [-0.1, -0.05) is 18.2 Å². The van der Waals surface area contributed by atoms with Crippen LogP contribution < -0.4 is 0 Å². The van der Waals surface area contributed by atoms with Crippen molar-refractivity contribution in [1.82, 2.24) is 9.88 Å². The molecule has 0 bridgehead atoms. The molecule has 4 nitrogen and oxygen atoms in total. The highest BCUT2D eigenvalue weighted by molar-refractivity contribution is 5.78. The number of carbonyl (C=O) groups is 1. The van der Waals surface area contributed by atoms with E-state index in [9.17, 15) is 9.18 Å². The second-order valence-electron chi connectivity index (χ2n) is 6.94. The minimum absolute atomic E-state index is 0.0989. The molecule has 0 radical (unpaired) electrons. The summed E-state index contributed by atoms with van der Waals surface area (Å²) in [6.45, 7) is 3.28. The molecule has 2 aromatic rings. The summed E-state index contributed by atoms with van der Waals surface area (Å²) in [6.07, 6.45) is 2.02. The number of nitrogens with zero attached hydrogens (tertiary/aromatic N) is 2. The van der Waals surface area contributed by atoms with Crippen molar-refractivity contribution in [3.05, 3.63) is 65.2 Å². The highest BCUT2D eigenvalue weighted by atomic mass is 19.1. The normalized spacial score (nSPS) is 20.2. The quantitative estimate of drug-likeness (QED) is 0.826. The Balaban J connectivity index is 1.65. The van der Waals surface area contributed by atoms with E-state index in [1.807, 2.05) is 30.0 Å². The van der Waals surface area contributed by atoms with Crippen LogP contribution in [0.2, 0.25) is 0 Å². The Morgan fingerprint density at radius 2 is 2.04 bits per heavy atom. The first-order valence-corrected chi connectivity index (χ1v) is 9.02. The van der Waals surface area contributed by atoms with Gasteiger partial charge in [0.1, 0.15) is 5.82 Å². The summed E-state index contributed by atoms with van der Waals surface area (Å²) in [5, 5.41) is 0. The number of hydrogen-bond acceptors (Lipinski definition) is 3. The van der Waals surface area contributed by atoms with Gasteiger partial charge in [-0.3, -0.25) is 9.78 Å². The predicted molar refractivity (Wildman–Crippen MR) is 98.3 cm³/mol. The van der Waals surface area contributed by atoms with Gasteiger partial charge in [-0.2, -0.15) is 0 Å². The molecule has 5 heteroatoms. The average molecular weight is 356 g/mol. The minimum atomic E-state index is -0.233. The molecule has 0 aliphatic carbocycles. The van der Waals surface area contributed by atoms with Gasteiger partial charge >= 0.3 is 0 Å². The number of aromatic nitrogens is 1. The van der Waals surface area contributed by atoms with Crippen LogP contribution in [0, 0.1) is 18.7 Å². The number of piperidine rings is 1. The van der Waals surface area contributed by atoms with Crippen LogP contribution in [0.25, 0.3) is 0 Å². The summed E-state index contributed by atoms with van der Waals surface area (Å²) in [6, 6.07) is 12.3. The van der Waals surface area contributed by atoms with Crippen LogP contribution in [-0.4, -0.2) is 42.1 Å². The lowest BCUT2D eigenvalue weighted by atomic mass is 9.88. The van der Waals surface area contributed by atoms with Gasteiger partial charge in [-0.15, -0.1) is 0 Å². The lowest BCUT2D eigenvalue weighted by Crippen LogP contribution is -2.47. The van der Waals surface area contributed by atoms with Crippen molar-refractivity contribution in [2.24, 2.45) is 5.92 Å². The zero-order chi connectivity index (χ0) is 18.5. The van der Waals surface area contributed by atoms with Crippen molar-refractivity contribution in [2.75, 3.05) is 20.2 Å². The summed E-state index contributed by atoms with van der Waals surface area (Å²) in [5.74, 6) is 0.0681. The SMILES string of the molecule is CO[C@H]1CCN(C(=O)Cc2cccc(C)n2)C[C@H]1Cc1ccc(F)cc1. The van der Waals surface area contributed by atoms with Crippen LogP contribution >= 0.6 is 0 Å². The number of rotatable bonds is 5. The van der Waals surface area contributed by atoms with E-state index >= 15 is 0 Å². The van der Waals surface area contributed by atoms with Crippen molar-refractivity contribution in [3.8, 4) is 0 Å². The third kappa shape index (κ3) is 4.67. The molecule has 0 saturated carbocycles. The zero-order valence-electron chi connectivity index (χ0n) is 15.3. The summed E-state index contributed by atoms with van der Waals surface area (Å²) >= 11 is 0. The van der Waals surface area contributed by atoms with Gasteiger partial charge in [-0.25, -0.2) is 4.39 Å². The summed E-state index contributed by atoms with van der Waals surface area (Å²) < 4.78 is 18.8. The smallest absolute Gasteiger partial charge is 0.228 e. The number of halogens is 1. The standard InChI is InChI=1S/C21H25FN2O2/c1-15-4-3-5-19(23-15)13-21(25)24-11-10-20(26-2)17(14-24)12-16-6-8-18(22)9-7-16/h3-9,17,20H,10-14H2,1-2H3/t17-,20+/m1/s1. The fourth-order valence-electron chi connectivity index (χ4n) is 3.63. The van der Waals surface area contributed by atoms with Crippen LogP contribution in [0.15, 0.2) is 42.5 Å². The van der Waals surface area contributed by atoms with Crippen molar-refractivity contribution in [3.63, 3.8) is 0 Å². The molecule has 2 heterocycles. The van der Waals surface area contributed by atoms with E-state index in [1.54, 1.807) is 19.2 Å². The molecule has 1 amide bonds. The molecule has 0 unspecified atom stereocenters. The third-order valence-electron chi connectivity index (χ3n) is 5.01. The predicted octanol–water partition coefficient (Wildman–Crippen LogP) is 3.18. The Labute approximate surface area is 154 Å². The number of ether oxygens (including phenoxy) is 1. The molecule has 1 fully saturated rings. The number of hydrogen-bond donors (Lipinski definition) is 0. The lowest BCUT2D eigenvalue weighted by Gasteiger charge is -2.38. The van der Waals surface area contributed by atoms with Crippen LogP contribution in [-0.2, 0) is 22.4 Å². The topological polar surface area (TPSA) is 42.4 Å². The fourth-order valence-corrected chi connectivity index (χ4v) is 3.63. The molecule has 3 rings (SSSR count). The first-order chi connectivity index (χ1) is 12.5. The number of carbonyl (C=O) groups excluding carboxylic acids is 1. The number of methoxy groups -OCH3 is 1. The van der Waals surface area contributed by atoms with Crippen LogP contribution in [0.1, 0.15) is 23.4 Å². The molecule has 2 atom stereocenters. The Kier molecular flexibility index (Phi) is 5.99. The van der Waals surface area contributed by atoms with E-state index < -0.39 is 0 Å². The van der Waals surface area contributed by atoms with Gasteiger partial charge in [0.25, 0.3) is 0 Å². The molecular weight excluding hydrogens is 331 g/mol. The molecule has 0 N–H and O–H groups in total. The Hall–Kier alpha value is -2.27. The number of pyridine rings is 1. The average Bonchev–Trinajstić information content (AvgIpc) is 2.63. The molecule has 0 spiro atoms. The monoisotopic (exact) mass is 356 g/mol. The summed E-state index contributed by atoms with van der Waals surface area (Å²) in [5.41, 5.74) is 2.79. The van der Waals surface area contributed by atoms with E-state index in [4.69, 9.17) is 4.74 Å². The second kappa shape index (κ2) is 8.41. The fraction of sp³-hybridized carbons (Fsp3) is 0.429. The van der Waals surface area contributed by atoms with E-state index in [2.05, 4.69) is 4.98 Å². The molecule has 138 valence electrons. The first kappa shape index (κ1) is 18.5. The van der Waals surface area contributed by atoms with E-state index in [-0.39, 0.29) is 23.7 Å². The first-order valence-electron chi connectivity index (χ1n) is 9.02. The molecule has 1 aromatic carbocycles. The van der Waals surface area contributed by atoms with Gasteiger partial charge in [0.2, 0.25) is 5.91 Å². The summed E-state index contributed by atoms with van der Waals surface area (Å²) in [7, 11) is 1.72. The van der Waals surface area contributed by atoms with Crippen molar-refractivity contribution >= 4 is 5.91 Å². The maximum Gasteiger partial charge on any atom is 0.228 e. The van der Waals surface area contributed by atoms with Crippen LogP contribution in [0.3, 0.4) is 0 Å². The van der Waals surface area contributed by atoms with Crippen molar-refractivity contribution in [1.29, 1.82) is 0 Å². The number of aryl methyl sites for hydroxylation is 1. The zero-order valence-corrected chi connectivity index (χ0v) is 15.3. The molecular formula is C21H25FN2O2. The van der Waals surface area contributed by atoms with E-state index in [1.165, 1.54) is 12.1 Å². The minimum Gasteiger partial charge on any atom is -0.381 e. The van der Waals surface area contributed by atoms with Crippen molar-refractivity contribution in [2.45, 2.75) is 32.3 Å². The van der Waals surface area contributed by atoms with Gasteiger partial charge < -0.3 is 9.64 Å². The highest BCUT2D eigenvalue weighted by Gasteiger charge is 2.31. The highest BCUT2D eigenvalue weighted by Crippen LogP contribution is 2.24. The van der Waals surface area contributed by atoms with E-state index in [0.29, 0.717) is 19.5 Å². The number of amides is 1. The molecule has 1 aliphatic rings. The molecule has 1 saturated heterocycles. The Bertz CT molecular complexity index is 748. The Morgan fingerprint density at radius 3 is 2.73 bits per heavy atom. The van der Waals surface area contributed by atoms with Crippen molar-refractivity contribution < 1.29 is 13.9 Å². The number of likely N-dealkylation sites (tertiary alicyclic amines) is 1. The number of benzene rings is 1. The maximum atomic E-state index is 13.1. The van der Waals surface area contributed by atoms with Gasteiger partial charge in [0.15, 0.2) is 0 Å². The van der Waals surface area contributed by atoms with E-state index in [0.717, 1.165) is 29.8 Å². The van der Waals surface area contributed by atoms with Gasteiger partial charge in [-0.05, 0) is 49.6 Å². The van der Waals surface area contributed by atoms with Crippen LogP contribution in [0.5, 0.6) is 0 Å². The molecule has 26 heavy (non-hydrogen) atoms. The van der Waals surface area contributed by atoms with Gasteiger partial charge in [0, 0.05) is 37.5 Å². The van der Waals surface area contributed by atoms with Crippen LogP contribution in [0.4, 0.5) is 4.39 Å². The molecule has 1 aliphatic heterocycles. The molecule has 1 aromatic heterocycles. The summed E-state index contributed by atoms with van der Waals surface area (Å²) in [4.78, 5) is 19.0. The van der Waals surface area contributed by atoms with Gasteiger partial charge in [0.05, 0.1) is 12.5 Å². The second-order valence-corrected chi connectivity index (χ2v) is 6.94. The Morgan fingerprint density at radius 1 is 1.27 bits per heavy atom. The largest absolute Gasteiger partial charge is 0.381 e.